The van der Waals surface area contributed by atoms with Crippen LogP contribution >= 0.6 is 0 Å². The Morgan fingerprint density at radius 3 is 2.60 bits per heavy atom. The zero-order valence-electron chi connectivity index (χ0n) is 6.67. The standard InChI is InChI=1S/C6H17N3O/c1-3-9(6(2)7)5-4-8-10/h6,8,10H,3-5,7H2,1-2H3. The van der Waals surface area contributed by atoms with Crippen LogP contribution in [-0.4, -0.2) is 35.9 Å². The van der Waals surface area contributed by atoms with Crippen molar-refractivity contribution in [2.24, 2.45) is 5.73 Å². The number of hydrogen-bond acceptors (Lipinski definition) is 4. The van der Waals surface area contributed by atoms with Gasteiger partial charge in [0, 0.05) is 13.1 Å². The van der Waals surface area contributed by atoms with Crippen molar-refractivity contribution in [3.05, 3.63) is 0 Å². The molecule has 4 N–H and O–H groups in total. The van der Waals surface area contributed by atoms with E-state index >= 15 is 0 Å². The monoisotopic (exact) mass is 147 g/mol. The zero-order chi connectivity index (χ0) is 7.98. The number of nitrogens with two attached hydrogens (primary N) is 1. The SMILES string of the molecule is CCN(CCNO)C(C)N. The summed E-state index contributed by atoms with van der Waals surface area (Å²) in [4.78, 5) is 2.06. The van der Waals surface area contributed by atoms with E-state index in [1.54, 1.807) is 0 Å². The first-order valence-corrected chi connectivity index (χ1v) is 3.59. The quantitative estimate of drug-likeness (QED) is 0.365. The second-order valence-electron chi connectivity index (χ2n) is 2.28. The van der Waals surface area contributed by atoms with Crippen LogP contribution in [0.25, 0.3) is 0 Å². The highest BCUT2D eigenvalue weighted by atomic mass is 16.5. The topological polar surface area (TPSA) is 61.5 Å². The first kappa shape index (κ1) is 9.84. The van der Waals surface area contributed by atoms with Gasteiger partial charge in [0.25, 0.3) is 0 Å². The summed E-state index contributed by atoms with van der Waals surface area (Å²) in [7, 11) is 0. The number of hydroxylamine groups is 1. The fourth-order valence-electron chi connectivity index (χ4n) is 0.843. The Morgan fingerprint density at radius 1 is 1.70 bits per heavy atom. The fraction of sp³-hybridized carbons (Fsp3) is 1.00. The summed E-state index contributed by atoms with van der Waals surface area (Å²) >= 11 is 0. The van der Waals surface area contributed by atoms with E-state index < -0.39 is 0 Å². The lowest BCUT2D eigenvalue weighted by Gasteiger charge is -2.23. The van der Waals surface area contributed by atoms with Gasteiger partial charge in [-0.3, -0.25) is 4.90 Å². The van der Waals surface area contributed by atoms with Gasteiger partial charge < -0.3 is 10.9 Å². The number of rotatable bonds is 5. The normalized spacial score (nSPS) is 14.1. The fourth-order valence-corrected chi connectivity index (χ4v) is 0.843. The average Bonchev–Trinajstić information content (AvgIpc) is 1.89. The molecule has 0 amide bonds. The van der Waals surface area contributed by atoms with Crippen molar-refractivity contribution >= 4 is 0 Å². The maximum Gasteiger partial charge on any atom is 0.0543 e. The minimum Gasteiger partial charge on any atom is -0.317 e. The zero-order valence-corrected chi connectivity index (χ0v) is 6.67. The van der Waals surface area contributed by atoms with Gasteiger partial charge in [-0.1, -0.05) is 6.92 Å². The molecule has 0 heterocycles. The van der Waals surface area contributed by atoms with E-state index in [0.29, 0.717) is 6.54 Å². The van der Waals surface area contributed by atoms with E-state index in [1.165, 1.54) is 0 Å². The second kappa shape index (κ2) is 5.61. The number of nitrogens with zero attached hydrogens (tertiary/aromatic N) is 1. The van der Waals surface area contributed by atoms with Crippen molar-refractivity contribution in [1.82, 2.24) is 10.4 Å². The van der Waals surface area contributed by atoms with Crippen LogP contribution in [0.4, 0.5) is 0 Å². The smallest absolute Gasteiger partial charge is 0.0543 e. The van der Waals surface area contributed by atoms with Gasteiger partial charge in [-0.05, 0) is 13.5 Å². The highest BCUT2D eigenvalue weighted by Gasteiger charge is 2.04. The third kappa shape index (κ3) is 3.79. The molecule has 4 heteroatoms. The lowest BCUT2D eigenvalue weighted by Crippen LogP contribution is -2.42. The van der Waals surface area contributed by atoms with Crippen LogP contribution in [0.2, 0.25) is 0 Å². The van der Waals surface area contributed by atoms with Crippen molar-refractivity contribution < 1.29 is 5.21 Å². The average molecular weight is 147 g/mol. The molecule has 0 fully saturated rings. The summed E-state index contributed by atoms with van der Waals surface area (Å²) in [5.74, 6) is 0. The summed E-state index contributed by atoms with van der Waals surface area (Å²) in [6.07, 6.45) is 0.0679. The largest absolute Gasteiger partial charge is 0.317 e. The predicted octanol–water partition coefficient (Wildman–Crippen LogP) is -0.408. The lowest BCUT2D eigenvalue weighted by molar-refractivity contribution is 0.136. The van der Waals surface area contributed by atoms with Crippen molar-refractivity contribution in [1.29, 1.82) is 0 Å². The van der Waals surface area contributed by atoms with E-state index in [4.69, 9.17) is 10.9 Å². The third-order valence-corrected chi connectivity index (χ3v) is 1.49. The van der Waals surface area contributed by atoms with Crippen molar-refractivity contribution in [3.63, 3.8) is 0 Å². The molecule has 0 saturated carbocycles. The van der Waals surface area contributed by atoms with E-state index in [2.05, 4.69) is 10.4 Å². The van der Waals surface area contributed by atoms with Crippen molar-refractivity contribution in [2.75, 3.05) is 19.6 Å². The van der Waals surface area contributed by atoms with Crippen LogP contribution < -0.4 is 11.2 Å². The van der Waals surface area contributed by atoms with E-state index in [1.807, 2.05) is 13.8 Å². The maximum atomic E-state index is 8.27. The van der Waals surface area contributed by atoms with Gasteiger partial charge in [0.2, 0.25) is 0 Å². The molecule has 0 aromatic rings. The Kier molecular flexibility index (Phi) is 5.52. The summed E-state index contributed by atoms with van der Waals surface area (Å²) in [5.41, 5.74) is 7.69. The van der Waals surface area contributed by atoms with Gasteiger partial charge in [0.1, 0.15) is 0 Å². The Morgan fingerprint density at radius 2 is 2.30 bits per heavy atom. The van der Waals surface area contributed by atoms with E-state index in [-0.39, 0.29) is 6.17 Å². The van der Waals surface area contributed by atoms with Crippen LogP contribution in [0.15, 0.2) is 0 Å². The Hall–Kier alpha value is -0.160. The predicted molar refractivity (Wildman–Crippen MR) is 40.7 cm³/mol. The van der Waals surface area contributed by atoms with Crippen LogP contribution in [-0.2, 0) is 0 Å². The highest BCUT2D eigenvalue weighted by Crippen LogP contribution is 1.89. The van der Waals surface area contributed by atoms with Crippen LogP contribution in [0, 0.1) is 0 Å². The van der Waals surface area contributed by atoms with Gasteiger partial charge >= 0.3 is 0 Å². The first-order valence-electron chi connectivity index (χ1n) is 3.59. The molecule has 0 spiro atoms. The van der Waals surface area contributed by atoms with Gasteiger partial charge in [-0.2, -0.15) is 0 Å². The van der Waals surface area contributed by atoms with Crippen LogP contribution in [0.1, 0.15) is 13.8 Å². The number of hydrogen-bond donors (Lipinski definition) is 3. The molecule has 0 aliphatic heterocycles. The van der Waals surface area contributed by atoms with E-state index in [9.17, 15) is 0 Å². The molecule has 0 bridgehead atoms. The molecule has 0 radical (unpaired) electrons. The van der Waals surface area contributed by atoms with Crippen molar-refractivity contribution in [3.8, 4) is 0 Å². The highest BCUT2D eigenvalue weighted by molar-refractivity contribution is 4.58. The van der Waals surface area contributed by atoms with Crippen molar-refractivity contribution in [2.45, 2.75) is 20.0 Å². The molecule has 0 aliphatic carbocycles. The first-order chi connectivity index (χ1) is 4.72. The van der Waals surface area contributed by atoms with E-state index in [0.717, 1.165) is 13.1 Å². The molecule has 0 aromatic heterocycles. The molecule has 0 aromatic carbocycles. The molecule has 10 heavy (non-hydrogen) atoms. The molecule has 4 nitrogen and oxygen atoms in total. The molecule has 0 rings (SSSR count). The number of nitrogens with one attached hydrogen (secondary N) is 1. The Balaban J connectivity index is 3.40. The minimum absolute atomic E-state index is 0.0679. The summed E-state index contributed by atoms with van der Waals surface area (Å²) in [6.45, 7) is 6.24. The van der Waals surface area contributed by atoms with Gasteiger partial charge in [-0.25, -0.2) is 5.48 Å². The number of likely N-dealkylation sites (N-methyl/N-ethyl adjacent to an activating group) is 1. The minimum atomic E-state index is 0.0679. The van der Waals surface area contributed by atoms with Crippen LogP contribution in [0.3, 0.4) is 0 Å². The van der Waals surface area contributed by atoms with Gasteiger partial charge in [0.15, 0.2) is 0 Å². The molecule has 0 aliphatic rings. The second-order valence-corrected chi connectivity index (χ2v) is 2.28. The lowest BCUT2D eigenvalue weighted by atomic mass is 10.4. The molecule has 1 unspecified atom stereocenters. The molecule has 1 atom stereocenters. The van der Waals surface area contributed by atoms with Gasteiger partial charge in [-0.15, -0.1) is 0 Å². The molecular formula is C6H17N3O. The summed E-state index contributed by atoms with van der Waals surface area (Å²) in [6, 6.07) is 0. The van der Waals surface area contributed by atoms with Gasteiger partial charge in [0.05, 0.1) is 6.17 Å². The maximum absolute atomic E-state index is 8.27. The Bertz CT molecular complexity index is 77.4. The summed E-state index contributed by atoms with van der Waals surface area (Å²) < 4.78 is 0. The molecular weight excluding hydrogens is 130 g/mol. The Labute approximate surface area is 62.0 Å². The van der Waals surface area contributed by atoms with Crippen LogP contribution in [0.5, 0.6) is 0 Å². The molecule has 0 saturated heterocycles. The summed E-state index contributed by atoms with van der Waals surface area (Å²) in [5, 5.41) is 8.27. The molecule has 62 valence electrons. The third-order valence-electron chi connectivity index (χ3n) is 1.49.